The van der Waals surface area contributed by atoms with Gasteiger partial charge in [0.2, 0.25) is 0 Å². The van der Waals surface area contributed by atoms with Crippen molar-refractivity contribution < 1.29 is 35.9 Å². The minimum absolute atomic E-state index is 0.00999. The average molecular weight is 394 g/mol. The van der Waals surface area contributed by atoms with Gasteiger partial charge in [0.05, 0.1) is 0 Å². The first kappa shape index (κ1) is 19.5. The molecule has 1 atom stereocenters. The lowest BCUT2D eigenvalue weighted by molar-refractivity contribution is -0.190. The van der Waals surface area contributed by atoms with E-state index in [0.717, 1.165) is 25.1 Å². The number of ether oxygens (including phenoxy) is 1. The normalized spacial score (nSPS) is 26.1. The second-order valence-corrected chi connectivity index (χ2v) is 7.01. The molecule has 3 rings (SSSR count). The van der Waals surface area contributed by atoms with Crippen molar-refractivity contribution in [2.45, 2.75) is 43.8 Å². The van der Waals surface area contributed by atoms with E-state index in [4.69, 9.17) is 5.73 Å². The molecule has 2 aliphatic rings. The number of alkyl halides is 5. The third-order valence-corrected chi connectivity index (χ3v) is 5.19. The molecule has 0 bridgehead atoms. The smallest absolute Gasteiger partial charge is 0.401 e. The Bertz CT molecular complexity index is 816. The molecule has 2 N–H and O–H groups in total. The van der Waals surface area contributed by atoms with Gasteiger partial charge in [-0.2, -0.15) is 22.0 Å². The molecule has 27 heavy (non-hydrogen) atoms. The highest BCUT2D eigenvalue weighted by atomic mass is 19.4. The number of amidine groups is 1. The number of nitrogens with zero attached hydrogens (tertiary/aromatic N) is 1. The molecule has 0 radical (unpaired) electrons. The largest absolute Gasteiger partial charge is 0.459 e. The van der Waals surface area contributed by atoms with Gasteiger partial charge in [0.15, 0.2) is 17.9 Å². The topological polar surface area (TPSA) is 64.7 Å². The van der Waals surface area contributed by atoms with Crippen LogP contribution in [0.1, 0.15) is 30.9 Å². The van der Waals surface area contributed by atoms with E-state index >= 15 is 0 Å². The van der Waals surface area contributed by atoms with Crippen molar-refractivity contribution in [3.05, 3.63) is 35.1 Å². The maximum atomic E-state index is 14.4. The number of carbonyl (C=O) groups excluding carboxylic acids is 1. The predicted octanol–water partition coefficient (Wildman–Crippen LogP) is 3.48. The number of halogens is 6. The lowest BCUT2D eigenvalue weighted by Crippen LogP contribution is -2.51. The zero-order valence-electron chi connectivity index (χ0n) is 14.2. The standard InChI is InChI=1S/C17H16F6N2O2/c1-14(16(19,20)8-27-13(24)25-14)10-6-9(2-3-11(10)18)7-12(26)15(4-5-15)17(21,22)23/h2-3,6H,4-5,7-8H2,1H3,(H2,24,25)/t14-/m1/s1. The van der Waals surface area contributed by atoms with E-state index in [1.165, 1.54) is 0 Å². The number of Topliss-reactive ketones (excluding diaryl/α,β-unsaturated/α-hetero) is 1. The Kier molecular flexibility index (Phi) is 4.24. The van der Waals surface area contributed by atoms with Crippen LogP contribution in [0.5, 0.6) is 0 Å². The molecule has 0 unspecified atom stereocenters. The van der Waals surface area contributed by atoms with Crippen molar-refractivity contribution in [2.75, 3.05) is 6.61 Å². The molecule has 1 saturated carbocycles. The number of ketones is 1. The third kappa shape index (κ3) is 3.04. The summed E-state index contributed by atoms with van der Waals surface area (Å²) in [6.45, 7) is -0.177. The number of rotatable bonds is 4. The van der Waals surface area contributed by atoms with Gasteiger partial charge in [-0.1, -0.05) is 6.07 Å². The van der Waals surface area contributed by atoms with Gasteiger partial charge < -0.3 is 10.5 Å². The summed E-state index contributed by atoms with van der Waals surface area (Å²) < 4.78 is 86.7. The highest BCUT2D eigenvalue weighted by molar-refractivity contribution is 5.90. The number of aliphatic imine (C=N–C) groups is 1. The highest BCUT2D eigenvalue weighted by Gasteiger charge is 2.67. The Balaban J connectivity index is 1.96. The van der Waals surface area contributed by atoms with Gasteiger partial charge >= 0.3 is 12.1 Å². The number of benzene rings is 1. The second kappa shape index (κ2) is 5.87. The molecule has 0 amide bonds. The van der Waals surface area contributed by atoms with Crippen LogP contribution in [0.15, 0.2) is 23.2 Å². The van der Waals surface area contributed by atoms with Gasteiger partial charge in [0.25, 0.3) is 6.02 Å². The first-order chi connectivity index (χ1) is 12.3. The minimum atomic E-state index is -4.68. The van der Waals surface area contributed by atoms with Crippen LogP contribution in [0, 0.1) is 11.2 Å². The fourth-order valence-electron chi connectivity index (χ4n) is 3.15. The summed E-state index contributed by atoms with van der Waals surface area (Å²) in [5.74, 6) is -5.73. The van der Waals surface area contributed by atoms with Gasteiger partial charge in [-0.15, -0.1) is 0 Å². The van der Waals surface area contributed by atoms with E-state index in [9.17, 15) is 31.1 Å². The molecular formula is C17H16F6N2O2. The summed E-state index contributed by atoms with van der Waals surface area (Å²) >= 11 is 0. The fourth-order valence-corrected chi connectivity index (χ4v) is 3.15. The van der Waals surface area contributed by atoms with Gasteiger partial charge in [-0.25, -0.2) is 9.38 Å². The molecule has 1 heterocycles. The quantitative estimate of drug-likeness (QED) is 0.796. The number of nitrogens with two attached hydrogens (primary N) is 1. The molecule has 1 aliphatic heterocycles. The Morgan fingerprint density at radius 2 is 1.93 bits per heavy atom. The van der Waals surface area contributed by atoms with Gasteiger partial charge in [0.1, 0.15) is 11.2 Å². The summed E-state index contributed by atoms with van der Waals surface area (Å²) in [7, 11) is 0. The summed E-state index contributed by atoms with van der Waals surface area (Å²) in [5, 5.41) is 0. The first-order valence-corrected chi connectivity index (χ1v) is 8.07. The maximum absolute atomic E-state index is 14.4. The lowest BCUT2D eigenvalue weighted by atomic mass is 9.83. The zero-order chi connectivity index (χ0) is 20.3. The van der Waals surface area contributed by atoms with Gasteiger partial charge in [-0.3, -0.25) is 4.79 Å². The van der Waals surface area contributed by atoms with Crippen LogP contribution in [0.25, 0.3) is 0 Å². The minimum Gasteiger partial charge on any atom is -0.459 e. The second-order valence-electron chi connectivity index (χ2n) is 7.01. The predicted molar refractivity (Wildman–Crippen MR) is 82.7 cm³/mol. The summed E-state index contributed by atoms with van der Waals surface area (Å²) in [5.41, 5.74) is -0.0440. The van der Waals surface area contributed by atoms with Crippen molar-refractivity contribution in [1.82, 2.24) is 0 Å². The first-order valence-electron chi connectivity index (χ1n) is 8.07. The molecule has 10 heteroatoms. The Labute approximate surface area is 150 Å². The Morgan fingerprint density at radius 1 is 1.30 bits per heavy atom. The molecule has 148 valence electrons. The maximum Gasteiger partial charge on any atom is 0.401 e. The fraction of sp³-hybridized carbons (Fsp3) is 0.529. The lowest BCUT2D eigenvalue weighted by Gasteiger charge is -2.37. The van der Waals surface area contributed by atoms with E-state index in [1.54, 1.807) is 0 Å². The van der Waals surface area contributed by atoms with E-state index in [0.29, 0.717) is 0 Å². The number of hydrogen-bond donors (Lipinski definition) is 1. The molecule has 1 aliphatic carbocycles. The van der Waals surface area contributed by atoms with Crippen LogP contribution >= 0.6 is 0 Å². The Morgan fingerprint density at radius 3 is 2.48 bits per heavy atom. The van der Waals surface area contributed by atoms with Crippen molar-refractivity contribution in [2.24, 2.45) is 16.1 Å². The monoisotopic (exact) mass is 394 g/mol. The van der Waals surface area contributed by atoms with Gasteiger partial charge in [-0.05, 0) is 37.5 Å². The molecule has 1 aromatic carbocycles. The van der Waals surface area contributed by atoms with Crippen LogP contribution in [0.2, 0.25) is 0 Å². The summed E-state index contributed by atoms with van der Waals surface area (Å²) in [6.07, 6.45) is -5.94. The molecule has 4 nitrogen and oxygen atoms in total. The molecule has 0 saturated heterocycles. The highest BCUT2D eigenvalue weighted by Crippen LogP contribution is 2.58. The third-order valence-electron chi connectivity index (χ3n) is 5.19. The van der Waals surface area contributed by atoms with Crippen LogP contribution in [0.4, 0.5) is 26.3 Å². The number of hydrogen-bond acceptors (Lipinski definition) is 4. The van der Waals surface area contributed by atoms with E-state index in [1.807, 2.05) is 0 Å². The summed E-state index contributed by atoms with van der Waals surface area (Å²) in [6, 6.07) is 2.30. The Hall–Kier alpha value is -2.26. The summed E-state index contributed by atoms with van der Waals surface area (Å²) in [4.78, 5) is 15.7. The van der Waals surface area contributed by atoms with Crippen molar-refractivity contribution in [1.29, 1.82) is 0 Å². The van der Waals surface area contributed by atoms with E-state index in [2.05, 4.69) is 9.73 Å². The van der Waals surface area contributed by atoms with E-state index < -0.39 is 59.3 Å². The molecule has 1 aromatic rings. The van der Waals surface area contributed by atoms with Crippen LogP contribution < -0.4 is 5.73 Å². The number of carbonyl (C=O) groups is 1. The van der Waals surface area contributed by atoms with Crippen LogP contribution in [-0.4, -0.2) is 30.5 Å². The van der Waals surface area contributed by atoms with Crippen molar-refractivity contribution >= 4 is 11.8 Å². The molecule has 0 spiro atoms. The van der Waals surface area contributed by atoms with E-state index in [-0.39, 0.29) is 18.4 Å². The molecular weight excluding hydrogens is 378 g/mol. The average Bonchev–Trinajstić information content (AvgIpc) is 3.35. The van der Waals surface area contributed by atoms with Crippen LogP contribution in [-0.2, 0) is 21.5 Å². The van der Waals surface area contributed by atoms with Crippen LogP contribution in [0.3, 0.4) is 0 Å². The molecule has 0 aromatic heterocycles. The molecule has 1 fully saturated rings. The SMILES string of the molecule is C[C@]1(c2cc(CC(=O)C3(C(F)(F)F)CC3)ccc2F)N=C(N)OCC1(F)F. The van der Waals surface area contributed by atoms with Crippen molar-refractivity contribution in [3.63, 3.8) is 0 Å². The zero-order valence-corrected chi connectivity index (χ0v) is 14.2. The van der Waals surface area contributed by atoms with Crippen molar-refractivity contribution in [3.8, 4) is 0 Å². The van der Waals surface area contributed by atoms with Gasteiger partial charge in [0, 0.05) is 12.0 Å².